The first-order valence-electron chi connectivity index (χ1n) is 7.31. The van der Waals surface area contributed by atoms with Crippen LogP contribution in [0.5, 0.6) is 5.75 Å². The van der Waals surface area contributed by atoms with Crippen LogP contribution >= 0.6 is 15.9 Å². The zero-order valence-electron chi connectivity index (χ0n) is 11.9. The van der Waals surface area contributed by atoms with E-state index in [0.717, 1.165) is 22.7 Å². The van der Waals surface area contributed by atoms with Gasteiger partial charge < -0.3 is 10.1 Å². The highest BCUT2D eigenvalue weighted by molar-refractivity contribution is 9.10. The molecule has 1 atom stereocenters. The highest BCUT2D eigenvalue weighted by Crippen LogP contribution is 2.37. The molecular formula is C16H24BrNO. The Morgan fingerprint density at radius 1 is 1.42 bits per heavy atom. The molecule has 0 spiro atoms. The van der Waals surface area contributed by atoms with Crippen molar-refractivity contribution >= 4 is 15.9 Å². The fraction of sp³-hybridized carbons (Fsp3) is 0.625. The lowest BCUT2D eigenvalue weighted by Gasteiger charge is -2.20. The van der Waals surface area contributed by atoms with Crippen LogP contribution in [0.1, 0.15) is 50.6 Å². The number of rotatable bonds is 8. The van der Waals surface area contributed by atoms with E-state index in [1.807, 2.05) is 0 Å². The maximum atomic E-state index is 5.30. The molecule has 1 aliphatic carbocycles. The summed E-state index contributed by atoms with van der Waals surface area (Å²) in [7, 11) is 1.71. The van der Waals surface area contributed by atoms with Crippen molar-refractivity contribution in [2.24, 2.45) is 5.92 Å². The molecule has 0 aliphatic heterocycles. The molecule has 1 aliphatic rings. The molecular weight excluding hydrogens is 302 g/mol. The number of methoxy groups -OCH3 is 1. The first kappa shape index (κ1) is 14.9. The van der Waals surface area contributed by atoms with Crippen LogP contribution in [0.3, 0.4) is 0 Å². The molecule has 1 N–H and O–H groups in total. The molecule has 2 rings (SSSR count). The van der Waals surface area contributed by atoms with Gasteiger partial charge >= 0.3 is 0 Å². The maximum absolute atomic E-state index is 5.30. The van der Waals surface area contributed by atoms with Gasteiger partial charge in [0.05, 0.1) is 11.6 Å². The smallest absolute Gasteiger partial charge is 0.133 e. The minimum absolute atomic E-state index is 0.475. The van der Waals surface area contributed by atoms with Crippen LogP contribution < -0.4 is 10.1 Å². The Hall–Kier alpha value is -0.540. The van der Waals surface area contributed by atoms with Crippen molar-refractivity contribution in [2.45, 2.75) is 45.1 Å². The summed E-state index contributed by atoms with van der Waals surface area (Å²) in [4.78, 5) is 0. The Balaban J connectivity index is 2.03. The van der Waals surface area contributed by atoms with Crippen molar-refractivity contribution in [3.05, 3.63) is 28.2 Å². The SMILES string of the molecule is CCCNC(CCC1CC1)c1ccc(OC)c(Br)c1. The van der Waals surface area contributed by atoms with E-state index < -0.39 is 0 Å². The Bertz CT molecular complexity index is 404. The number of hydrogen-bond acceptors (Lipinski definition) is 2. The second kappa shape index (κ2) is 7.30. The highest BCUT2D eigenvalue weighted by atomic mass is 79.9. The minimum atomic E-state index is 0.475. The van der Waals surface area contributed by atoms with Crippen molar-refractivity contribution in [1.82, 2.24) is 5.32 Å². The molecule has 1 saturated carbocycles. The molecule has 19 heavy (non-hydrogen) atoms. The molecule has 1 aromatic rings. The second-order valence-corrected chi connectivity index (χ2v) is 6.28. The van der Waals surface area contributed by atoms with Crippen molar-refractivity contribution in [2.75, 3.05) is 13.7 Å². The number of nitrogens with one attached hydrogen (secondary N) is 1. The number of halogens is 1. The maximum Gasteiger partial charge on any atom is 0.133 e. The van der Waals surface area contributed by atoms with Gasteiger partial charge in [-0.3, -0.25) is 0 Å². The number of ether oxygens (including phenoxy) is 1. The van der Waals surface area contributed by atoms with Crippen LogP contribution in [-0.2, 0) is 0 Å². The van der Waals surface area contributed by atoms with Crippen LogP contribution in [0.25, 0.3) is 0 Å². The molecule has 106 valence electrons. The van der Waals surface area contributed by atoms with Gasteiger partial charge in [-0.05, 0) is 65.4 Å². The molecule has 1 fully saturated rings. The number of benzene rings is 1. The van der Waals surface area contributed by atoms with Crippen LogP contribution in [0.15, 0.2) is 22.7 Å². The number of hydrogen-bond donors (Lipinski definition) is 1. The van der Waals surface area contributed by atoms with Gasteiger partial charge in [-0.1, -0.05) is 25.8 Å². The van der Waals surface area contributed by atoms with E-state index >= 15 is 0 Å². The van der Waals surface area contributed by atoms with Gasteiger partial charge in [0.2, 0.25) is 0 Å². The minimum Gasteiger partial charge on any atom is -0.496 e. The lowest BCUT2D eigenvalue weighted by Crippen LogP contribution is -2.22. The second-order valence-electron chi connectivity index (χ2n) is 5.42. The molecule has 1 aromatic carbocycles. The molecule has 1 unspecified atom stereocenters. The van der Waals surface area contributed by atoms with Crippen molar-refractivity contribution in [3.63, 3.8) is 0 Å². The average Bonchev–Trinajstić information content (AvgIpc) is 3.23. The third-order valence-corrected chi connectivity index (χ3v) is 4.40. The fourth-order valence-electron chi connectivity index (χ4n) is 2.41. The van der Waals surface area contributed by atoms with E-state index in [1.54, 1.807) is 7.11 Å². The standard InChI is InChI=1S/C16H24BrNO/c1-3-10-18-15(8-6-12-4-5-12)13-7-9-16(19-2)14(17)11-13/h7,9,11-12,15,18H,3-6,8,10H2,1-2H3. The van der Waals surface area contributed by atoms with Crippen molar-refractivity contribution < 1.29 is 4.74 Å². The van der Waals surface area contributed by atoms with Gasteiger partial charge in [0.25, 0.3) is 0 Å². The summed E-state index contributed by atoms with van der Waals surface area (Å²) in [6, 6.07) is 6.91. The largest absolute Gasteiger partial charge is 0.496 e. The predicted octanol–water partition coefficient (Wildman–Crippen LogP) is 4.69. The Morgan fingerprint density at radius 2 is 2.21 bits per heavy atom. The van der Waals surface area contributed by atoms with Crippen LogP contribution in [0.2, 0.25) is 0 Å². The van der Waals surface area contributed by atoms with Gasteiger partial charge in [-0.2, -0.15) is 0 Å². The molecule has 0 radical (unpaired) electrons. The van der Waals surface area contributed by atoms with Crippen molar-refractivity contribution in [3.8, 4) is 5.75 Å². The van der Waals surface area contributed by atoms with Crippen LogP contribution in [0, 0.1) is 5.92 Å². The van der Waals surface area contributed by atoms with Gasteiger partial charge in [0, 0.05) is 6.04 Å². The first-order valence-corrected chi connectivity index (χ1v) is 8.10. The molecule has 3 heteroatoms. The summed E-state index contributed by atoms with van der Waals surface area (Å²) in [5, 5.41) is 3.67. The summed E-state index contributed by atoms with van der Waals surface area (Å²) in [5.74, 6) is 1.90. The van der Waals surface area contributed by atoms with Gasteiger partial charge in [-0.15, -0.1) is 0 Å². The van der Waals surface area contributed by atoms with E-state index in [2.05, 4.69) is 46.4 Å². The molecule has 0 saturated heterocycles. The van der Waals surface area contributed by atoms with E-state index in [4.69, 9.17) is 4.74 Å². The Kier molecular flexibility index (Phi) is 5.71. The topological polar surface area (TPSA) is 21.3 Å². The third kappa shape index (κ3) is 4.50. The average molecular weight is 326 g/mol. The molecule has 0 aromatic heterocycles. The molecule has 2 nitrogen and oxygen atoms in total. The lowest BCUT2D eigenvalue weighted by molar-refractivity contribution is 0.411. The molecule has 0 bridgehead atoms. The van der Waals surface area contributed by atoms with Gasteiger partial charge in [0.1, 0.15) is 5.75 Å². The third-order valence-electron chi connectivity index (χ3n) is 3.78. The van der Waals surface area contributed by atoms with E-state index in [1.165, 1.54) is 37.7 Å². The summed E-state index contributed by atoms with van der Waals surface area (Å²) in [5.41, 5.74) is 1.36. The quantitative estimate of drug-likeness (QED) is 0.748. The highest BCUT2D eigenvalue weighted by Gasteiger charge is 2.23. The Labute approximate surface area is 125 Å². The monoisotopic (exact) mass is 325 g/mol. The zero-order chi connectivity index (χ0) is 13.7. The first-order chi connectivity index (χ1) is 9.24. The predicted molar refractivity (Wildman–Crippen MR) is 83.7 cm³/mol. The summed E-state index contributed by atoms with van der Waals surface area (Å²) in [6.07, 6.45) is 6.64. The molecule has 0 heterocycles. The summed E-state index contributed by atoms with van der Waals surface area (Å²) in [6.45, 7) is 3.30. The zero-order valence-corrected chi connectivity index (χ0v) is 13.5. The fourth-order valence-corrected chi connectivity index (χ4v) is 2.97. The van der Waals surface area contributed by atoms with Crippen molar-refractivity contribution in [1.29, 1.82) is 0 Å². The summed E-state index contributed by atoms with van der Waals surface area (Å²) < 4.78 is 6.35. The summed E-state index contributed by atoms with van der Waals surface area (Å²) >= 11 is 3.58. The normalized spacial score (nSPS) is 16.4. The van der Waals surface area contributed by atoms with Gasteiger partial charge in [-0.25, -0.2) is 0 Å². The van der Waals surface area contributed by atoms with Crippen LogP contribution in [0.4, 0.5) is 0 Å². The lowest BCUT2D eigenvalue weighted by atomic mass is 10.00. The van der Waals surface area contributed by atoms with Crippen LogP contribution in [-0.4, -0.2) is 13.7 Å². The van der Waals surface area contributed by atoms with E-state index in [0.29, 0.717) is 6.04 Å². The van der Waals surface area contributed by atoms with Gasteiger partial charge in [0.15, 0.2) is 0 Å². The van der Waals surface area contributed by atoms with E-state index in [9.17, 15) is 0 Å². The van der Waals surface area contributed by atoms with E-state index in [-0.39, 0.29) is 0 Å². The molecule has 0 amide bonds. The Morgan fingerprint density at radius 3 is 2.79 bits per heavy atom.